The molecule has 2 aromatic carbocycles. The van der Waals surface area contributed by atoms with Crippen LogP contribution in [0.1, 0.15) is 57.7 Å². The number of hydrogen-bond donors (Lipinski definition) is 1. The van der Waals surface area contributed by atoms with Gasteiger partial charge in [-0.3, -0.25) is 0 Å². The Balaban J connectivity index is 2.62. The number of phenolic OH excluding ortho intramolecular Hbond substituents is 1. The zero-order chi connectivity index (χ0) is 15.7. The summed E-state index contributed by atoms with van der Waals surface area (Å²) in [5.41, 5.74) is 3.42. The van der Waals surface area contributed by atoms with E-state index in [0.29, 0.717) is 5.75 Å². The fourth-order valence-corrected chi connectivity index (χ4v) is 2.80. The van der Waals surface area contributed by atoms with E-state index in [0.717, 1.165) is 12.0 Å². The number of rotatable bonds is 3. The summed E-state index contributed by atoms with van der Waals surface area (Å²) >= 11 is 0. The third-order valence-electron chi connectivity index (χ3n) is 4.58. The van der Waals surface area contributed by atoms with Crippen molar-refractivity contribution in [2.45, 2.75) is 51.9 Å². The molecule has 1 unspecified atom stereocenters. The van der Waals surface area contributed by atoms with Gasteiger partial charge in [0.05, 0.1) is 0 Å². The minimum atomic E-state index is -0.174. The highest BCUT2D eigenvalue weighted by molar-refractivity contribution is 5.48. The molecular weight excluding hydrogens is 256 g/mol. The fraction of sp³-hybridized carbons (Fsp3) is 0.400. The number of aromatic hydroxyl groups is 1. The fourth-order valence-electron chi connectivity index (χ4n) is 2.80. The van der Waals surface area contributed by atoms with Gasteiger partial charge in [-0.05, 0) is 29.0 Å². The van der Waals surface area contributed by atoms with Crippen LogP contribution < -0.4 is 0 Å². The lowest BCUT2D eigenvalue weighted by Crippen LogP contribution is -2.24. The quantitative estimate of drug-likeness (QED) is 0.798. The molecule has 0 aromatic heterocycles. The van der Waals surface area contributed by atoms with Crippen LogP contribution in [0.2, 0.25) is 0 Å². The van der Waals surface area contributed by atoms with Gasteiger partial charge in [0.25, 0.3) is 0 Å². The van der Waals surface area contributed by atoms with Gasteiger partial charge in [0, 0.05) is 11.0 Å². The third kappa shape index (κ3) is 2.97. The maximum atomic E-state index is 10.4. The lowest BCUT2D eigenvalue weighted by molar-refractivity contribution is 0.439. The van der Waals surface area contributed by atoms with E-state index < -0.39 is 0 Å². The molecule has 0 radical (unpaired) electrons. The van der Waals surface area contributed by atoms with Crippen LogP contribution in [0.5, 0.6) is 5.75 Å². The van der Waals surface area contributed by atoms with Crippen molar-refractivity contribution in [3.63, 3.8) is 0 Å². The SMILES string of the molecule is CCC(C)(c1ccccc1)c1cc(C(C)(C)C)ccc1O. The second kappa shape index (κ2) is 5.55. The molecule has 2 aromatic rings. The molecule has 0 spiro atoms. The maximum Gasteiger partial charge on any atom is 0.119 e. The highest BCUT2D eigenvalue weighted by Crippen LogP contribution is 2.41. The van der Waals surface area contributed by atoms with E-state index in [9.17, 15) is 5.11 Å². The number of hydrogen-bond acceptors (Lipinski definition) is 1. The topological polar surface area (TPSA) is 20.2 Å². The van der Waals surface area contributed by atoms with Crippen molar-refractivity contribution in [3.05, 3.63) is 65.2 Å². The van der Waals surface area contributed by atoms with Gasteiger partial charge in [-0.1, -0.05) is 77.1 Å². The molecule has 112 valence electrons. The minimum absolute atomic E-state index is 0.0772. The smallest absolute Gasteiger partial charge is 0.119 e. The van der Waals surface area contributed by atoms with Crippen molar-refractivity contribution in [1.29, 1.82) is 0 Å². The Morgan fingerprint density at radius 1 is 0.857 bits per heavy atom. The average molecular weight is 282 g/mol. The van der Waals surface area contributed by atoms with E-state index in [1.807, 2.05) is 18.2 Å². The molecular formula is C20H26O. The summed E-state index contributed by atoms with van der Waals surface area (Å²) in [6, 6.07) is 16.5. The molecule has 0 heterocycles. The number of phenols is 1. The maximum absolute atomic E-state index is 10.4. The lowest BCUT2D eigenvalue weighted by atomic mass is 9.72. The highest BCUT2D eigenvalue weighted by Gasteiger charge is 2.30. The van der Waals surface area contributed by atoms with E-state index in [1.165, 1.54) is 11.1 Å². The lowest BCUT2D eigenvalue weighted by Gasteiger charge is -2.32. The van der Waals surface area contributed by atoms with Gasteiger partial charge in [0.15, 0.2) is 0 Å². The second-order valence-electron chi connectivity index (χ2n) is 7.03. The van der Waals surface area contributed by atoms with Crippen molar-refractivity contribution in [1.82, 2.24) is 0 Å². The van der Waals surface area contributed by atoms with Gasteiger partial charge < -0.3 is 5.11 Å². The molecule has 0 saturated heterocycles. The molecule has 0 bridgehead atoms. The molecule has 0 saturated carbocycles. The van der Waals surface area contributed by atoms with E-state index in [1.54, 1.807) is 0 Å². The molecule has 0 amide bonds. The first kappa shape index (κ1) is 15.6. The second-order valence-corrected chi connectivity index (χ2v) is 7.03. The Morgan fingerprint density at radius 2 is 1.48 bits per heavy atom. The zero-order valence-corrected chi connectivity index (χ0v) is 13.8. The molecule has 0 aliphatic carbocycles. The van der Waals surface area contributed by atoms with Crippen LogP contribution in [0, 0.1) is 0 Å². The average Bonchev–Trinajstić information content (AvgIpc) is 2.46. The monoisotopic (exact) mass is 282 g/mol. The van der Waals surface area contributed by atoms with Gasteiger partial charge >= 0.3 is 0 Å². The summed E-state index contributed by atoms with van der Waals surface area (Å²) in [5, 5.41) is 10.4. The van der Waals surface area contributed by atoms with Crippen molar-refractivity contribution >= 4 is 0 Å². The minimum Gasteiger partial charge on any atom is -0.508 e. The molecule has 21 heavy (non-hydrogen) atoms. The van der Waals surface area contributed by atoms with Crippen molar-refractivity contribution in [2.24, 2.45) is 0 Å². The Bertz CT molecular complexity index is 607. The van der Waals surface area contributed by atoms with E-state index in [4.69, 9.17) is 0 Å². The first-order valence-corrected chi connectivity index (χ1v) is 7.68. The van der Waals surface area contributed by atoms with Crippen LogP contribution in [0.4, 0.5) is 0 Å². The Labute approximate surface area is 128 Å². The Hall–Kier alpha value is -1.76. The standard InChI is InChI=1S/C20H26O/c1-6-20(5,15-10-8-7-9-11-15)17-14-16(19(2,3)4)12-13-18(17)21/h7-14,21H,6H2,1-5H3. The van der Waals surface area contributed by atoms with Crippen molar-refractivity contribution < 1.29 is 5.11 Å². The summed E-state index contributed by atoms with van der Waals surface area (Å²) in [7, 11) is 0. The van der Waals surface area contributed by atoms with Crippen LogP contribution in [0.3, 0.4) is 0 Å². The summed E-state index contributed by atoms with van der Waals surface area (Å²) < 4.78 is 0. The zero-order valence-electron chi connectivity index (χ0n) is 13.8. The molecule has 0 aliphatic rings. The molecule has 1 N–H and O–H groups in total. The van der Waals surface area contributed by atoms with E-state index in [2.05, 4.69) is 65.0 Å². The summed E-state index contributed by atoms with van der Waals surface area (Å²) in [6.45, 7) is 11.0. The normalized spacial score (nSPS) is 14.7. The predicted octanol–water partition coefficient (Wildman–Crippen LogP) is 5.41. The first-order valence-electron chi connectivity index (χ1n) is 7.68. The number of benzene rings is 2. The summed E-state index contributed by atoms with van der Waals surface area (Å²) in [6.07, 6.45) is 0.943. The molecule has 1 heteroatoms. The molecule has 0 aliphatic heterocycles. The Kier molecular flexibility index (Phi) is 4.13. The molecule has 0 fully saturated rings. The first-order chi connectivity index (χ1) is 9.79. The van der Waals surface area contributed by atoms with Crippen LogP contribution in [0.25, 0.3) is 0 Å². The summed E-state index contributed by atoms with van der Waals surface area (Å²) in [4.78, 5) is 0. The molecule has 1 nitrogen and oxygen atoms in total. The largest absolute Gasteiger partial charge is 0.508 e. The van der Waals surface area contributed by atoms with Gasteiger partial charge in [0.1, 0.15) is 5.75 Å². The van der Waals surface area contributed by atoms with E-state index >= 15 is 0 Å². The van der Waals surface area contributed by atoms with Crippen LogP contribution in [-0.4, -0.2) is 5.11 Å². The van der Waals surface area contributed by atoms with Crippen LogP contribution in [0.15, 0.2) is 48.5 Å². The van der Waals surface area contributed by atoms with E-state index in [-0.39, 0.29) is 10.8 Å². The molecule has 1 atom stereocenters. The van der Waals surface area contributed by atoms with Gasteiger partial charge in [-0.15, -0.1) is 0 Å². The van der Waals surface area contributed by atoms with Crippen LogP contribution in [-0.2, 0) is 10.8 Å². The van der Waals surface area contributed by atoms with Gasteiger partial charge in [0.2, 0.25) is 0 Å². The summed E-state index contributed by atoms with van der Waals surface area (Å²) in [5.74, 6) is 0.385. The molecule has 2 rings (SSSR count). The van der Waals surface area contributed by atoms with Crippen molar-refractivity contribution in [2.75, 3.05) is 0 Å². The van der Waals surface area contributed by atoms with Gasteiger partial charge in [-0.2, -0.15) is 0 Å². The predicted molar refractivity (Wildman–Crippen MR) is 90.0 cm³/mol. The van der Waals surface area contributed by atoms with Gasteiger partial charge in [-0.25, -0.2) is 0 Å². The third-order valence-corrected chi connectivity index (χ3v) is 4.58. The Morgan fingerprint density at radius 3 is 2.00 bits per heavy atom. The van der Waals surface area contributed by atoms with Crippen molar-refractivity contribution in [3.8, 4) is 5.75 Å². The van der Waals surface area contributed by atoms with Crippen LogP contribution >= 0.6 is 0 Å². The highest BCUT2D eigenvalue weighted by atomic mass is 16.3.